The number of fused-ring (bicyclic) bond motifs is 2. The van der Waals surface area contributed by atoms with Gasteiger partial charge in [-0.1, -0.05) is 29.3 Å². The summed E-state index contributed by atoms with van der Waals surface area (Å²) < 4.78 is 9.90. The van der Waals surface area contributed by atoms with Crippen molar-refractivity contribution in [2.24, 2.45) is 5.92 Å². The van der Waals surface area contributed by atoms with Gasteiger partial charge < -0.3 is 9.47 Å². The van der Waals surface area contributed by atoms with Crippen molar-refractivity contribution in [2.45, 2.75) is 37.3 Å². The molecule has 7 heteroatoms. The number of ether oxygens (including phenoxy) is 2. The van der Waals surface area contributed by atoms with Crippen LogP contribution in [0.1, 0.15) is 30.7 Å². The third-order valence-electron chi connectivity index (χ3n) is 5.45. The summed E-state index contributed by atoms with van der Waals surface area (Å²) in [6, 6.07) is 5.72. The molecule has 25 heavy (non-hydrogen) atoms. The van der Waals surface area contributed by atoms with Crippen molar-refractivity contribution in [3.8, 4) is 0 Å². The second-order valence-electron chi connectivity index (χ2n) is 6.61. The van der Waals surface area contributed by atoms with Crippen molar-refractivity contribution >= 4 is 35.1 Å². The lowest BCUT2D eigenvalue weighted by Crippen LogP contribution is -2.52. The van der Waals surface area contributed by atoms with Gasteiger partial charge in [-0.3, -0.25) is 14.5 Å². The minimum absolute atomic E-state index is 0.00591. The van der Waals surface area contributed by atoms with E-state index in [1.54, 1.807) is 6.07 Å². The minimum atomic E-state index is -0.342. The van der Waals surface area contributed by atoms with Gasteiger partial charge in [-0.05, 0) is 37.0 Å². The standard InChI is InChI=1S/C18H21Cl2NO4/c1-24-16(22)9-21-11-4-6-15(21)17(18(23)25-2)12(8-11)10-3-5-13(19)14(20)7-10/h3,5,7,11-12,15,17H,4,6,8-9H2,1-2H3. The predicted molar refractivity (Wildman–Crippen MR) is 94.9 cm³/mol. The van der Waals surface area contributed by atoms with E-state index in [0.717, 1.165) is 24.8 Å². The zero-order valence-electron chi connectivity index (χ0n) is 14.2. The predicted octanol–water partition coefficient (Wildman–Crippen LogP) is 3.28. The van der Waals surface area contributed by atoms with Crippen LogP contribution in [0.4, 0.5) is 0 Å². The molecule has 1 aromatic carbocycles. The van der Waals surface area contributed by atoms with Gasteiger partial charge >= 0.3 is 11.9 Å². The molecule has 2 heterocycles. The number of rotatable bonds is 4. The molecule has 0 spiro atoms. The van der Waals surface area contributed by atoms with Gasteiger partial charge in [0.25, 0.3) is 0 Å². The van der Waals surface area contributed by atoms with Gasteiger partial charge in [0.15, 0.2) is 0 Å². The highest BCUT2D eigenvalue weighted by Gasteiger charge is 2.51. The van der Waals surface area contributed by atoms with Crippen molar-refractivity contribution in [1.29, 1.82) is 0 Å². The number of halogens is 2. The summed E-state index contributed by atoms with van der Waals surface area (Å²) in [5.74, 6) is -0.885. The van der Waals surface area contributed by atoms with E-state index in [1.165, 1.54) is 14.2 Å². The van der Waals surface area contributed by atoms with Crippen LogP contribution in [0.15, 0.2) is 18.2 Å². The topological polar surface area (TPSA) is 55.8 Å². The summed E-state index contributed by atoms with van der Waals surface area (Å²) in [7, 11) is 2.78. The Morgan fingerprint density at radius 2 is 1.92 bits per heavy atom. The SMILES string of the molecule is COC(=O)CN1C2CCC1C(C(=O)OC)C(c1ccc(Cl)c(Cl)c1)C2. The Morgan fingerprint density at radius 1 is 1.16 bits per heavy atom. The second kappa shape index (κ2) is 7.52. The number of esters is 2. The van der Waals surface area contributed by atoms with Crippen molar-refractivity contribution in [3.05, 3.63) is 33.8 Å². The van der Waals surface area contributed by atoms with E-state index >= 15 is 0 Å². The van der Waals surface area contributed by atoms with Crippen LogP contribution >= 0.6 is 23.2 Å². The van der Waals surface area contributed by atoms with Crippen molar-refractivity contribution in [1.82, 2.24) is 4.90 Å². The van der Waals surface area contributed by atoms with E-state index in [2.05, 4.69) is 4.90 Å². The van der Waals surface area contributed by atoms with E-state index < -0.39 is 0 Å². The fourth-order valence-electron chi connectivity index (χ4n) is 4.32. The molecule has 4 unspecified atom stereocenters. The molecule has 2 saturated heterocycles. The van der Waals surface area contributed by atoms with Crippen LogP contribution in [0.5, 0.6) is 0 Å². The summed E-state index contributed by atoms with van der Waals surface area (Å²) in [6.45, 7) is 0.202. The number of carbonyl (C=O) groups is 2. The monoisotopic (exact) mass is 385 g/mol. The molecule has 3 rings (SSSR count). The molecule has 2 fully saturated rings. The molecule has 0 amide bonds. The first-order chi connectivity index (χ1) is 12.0. The maximum Gasteiger partial charge on any atom is 0.319 e. The summed E-state index contributed by atoms with van der Waals surface area (Å²) in [5.41, 5.74) is 0.986. The Morgan fingerprint density at radius 3 is 2.56 bits per heavy atom. The van der Waals surface area contributed by atoms with Gasteiger partial charge in [-0.25, -0.2) is 0 Å². The Balaban J connectivity index is 1.93. The average molecular weight is 386 g/mol. The zero-order valence-corrected chi connectivity index (χ0v) is 15.7. The summed E-state index contributed by atoms with van der Waals surface area (Å²) in [4.78, 5) is 26.4. The molecule has 0 aromatic heterocycles. The molecular formula is C18H21Cl2NO4. The highest BCUT2D eigenvalue weighted by atomic mass is 35.5. The highest BCUT2D eigenvalue weighted by Crippen LogP contribution is 2.47. The Hall–Kier alpha value is -1.30. The largest absolute Gasteiger partial charge is 0.469 e. The lowest BCUT2D eigenvalue weighted by atomic mass is 9.76. The van der Waals surface area contributed by atoms with Crippen LogP contribution in [-0.2, 0) is 19.1 Å². The van der Waals surface area contributed by atoms with Gasteiger partial charge in [0.1, 0.15) is 0 Å². The molecule has 1 aromatic rings. The Labute approximate surface area is 157 Å². The van der Waals surface area contributed by atoms with Crippen LogP contribution in [-0.4, -0.2) is 49.7 Å². The molecule has 0 saturated carbocycles. The van der Waals surface area contributed by atoms with E-state index in [4.69, 9.17) is 32.7 Å². The smallest absolute Gasteiger partial charge is 0.319 e. The molecule has 2 aliphatic rings. The molecule has 2 aliphatic heterocycles. The zero-order chi connectivity index (χ0) is 18.1. The van der Waals surface area contributed by atoms with Gasteiger partial charge in [0.2, 0.25) is 0 Å². The summed E-state index contributed by atoms with van der Waals surface area (Å²) in [5, 5.41) is 0.971. The van der Waals surface area contributed by atoms with Gasteiger partial charge in [0.05, 0.1) is 36.7 Å². The lowest BCUT2D eigenvalue weighted by molar-refractivity contribution is -0.154. The fraction of sp³-hybridized carbons (Fsp3) is 0.556. The average Bonchev–Trinajstić information content (AvgIpc) is 2.87. The first-order valence-electron chi connectivity index (χ1n) is 8.31. The first kappa shape index (κ1) is 18.5. The van der Waals surface area contributed by atoms with E-state index in [9.17, 15) is 9.59 Å². The lowest BCUT2D eigenvalue weighted by Gasteiger charge is -2.43. The molecule has 5 nitrogen and oxygen atoms in total. The number of carbonyl (C=O) groups excluding carboxylic acids is 2. The number of hydrogen-bond donors (Lipinski definition) is 0. The van der Waals surface area contributed by atoms with Gasteiger partial charge in [-0.2, -0.15) is 0 Å². The second-order valence-corrected chi connectivity index (χ2v) is 7.43. The molecule has 2 bridgehead atoms. The number of benzene rings is 1. The van der Waals surface area contributed by atoms with E-state index in [1.807, 2.05) is 12.1 Å². The number of hydrogen-bond acceptors (Lipinski definition) is 5. The molecule has 0 radical (unpaired) electrons. The van der Waals surface area contributed by atoms with Crippen molar-refractivity contribution in [3.63, 3.8) is 0 Å². The number of piperidine rings is 1. The third-order valence-corrected chi connectivity index (χ3v) is 6.19. The summed E-state index contributed by atoms with van der Waals surface area (Å²) in [6.07, 6.45) is 2.58. The van der Waals surface area contributed by atoms with Crippen LogP contribution in [0.3, 0.4) is 0 Å². The molecule has 4 atom stereocenters. The number of nitrogens with zero attached hydrogens (tertiary/aromatic N) is 1. The van der Waals surface area contributed by atoms with Gasteiger partial charge in [-0.15, -0.1) is 0 Å². The highest BCUT2D eigenvalue weighted by molar-refractivity contribution is 6.42. The van der Waals surface area contributed by atoms with Gasteiger partial charge in [0, 0.05) is 18.0 Å². The van der Waals surface area contributed by atoms with E-state index in [-0.39, 0.29) is 42.4 Å². The summed E-state index contributed by atoms with van der Waals surface area (Å²) >= 11 is 12.2. The normalized spacial score (nSPS) is 28.6. The maximum atomic E-state index is 12.6. The third kappa shape index (κ3) is 3.50. The van der Waals surface area contributed by atoms with Crippen LogP contribution in [0.2, 0.25) is 10.0 Å². The van der Waals surface area contributed by atoms with Crippen LogP contribution in [0, 0.1) is 5.92 Å². The Kier molecular flexibility index (Phi) is 5.56. The maximum absolute atomic E-state index is 12.6. The van der Waals surface area contributed by atoms with Crippen LogP contribution < -0.4 is 0 Å². The Bertz CT molecular complexity index is 681. The number of methoxy groups -OCH3 is 2. The first-order valence-corrected chi connectivity index (χ1v) is 9.07. The van der Waals surface area contributed by atoms with Crippen molar-refractivity contribution < 1.29 is 19.1 Å². The van der Waals surface area contributed by atoms with E-state index in [0.29, 0.717) is 10.0 Å². The fourth-order valence-corrected chi connectivity index (χ4v) is 4.62. The minimum Gasteiger partial charge on any atom is -0.469 e. The van der Waals surface area contributed by atoms with Crippen LogP contribution in [0.25, 0.3) is 0 Å². The quantitative estimate of drug-likeness (QED) is 0.744. The molecule has 136 valence electrons. The molecular weight excluding hydrogens is 365 g/mol. The van der Waals surface area contributed by atoms with Crippen molar-refractivity contribution in [2.75, 3.05) is 20.8 Å². The molecule has 0 aliphatic carbocycles. The molecule has 0 N–H and O–H groups in total.